The highest BCUT2D eigenvalue weighted by Gasteiger charge is 2.10. The van der Waals surface area contributed by atoms with Crippen LogP contribution in [0.2, 0.25) is 5.02 Å². The maximum Gasteiger partial charge on any atom is 0.243 e. The molecule has 29 heavy (non-hydrogen) atoms. The van der Waals surface area contributed by atoms with Gasteiger partial charge in [0.2, 0.25) is 5.91 Å². The number of aromatic nitrogens is 3. The smallest absolute Gasteiger partial charge is 0.243 e. The minimum absolute atomic E-state index is 0. The summed E-state index contributed by atoms with van der Waals surface area (Å²) >= 11 is 5.96. The summed E-state index contributed by atoms with van der Waals surface area (Å²) in [7, 11) is 5.39. The van der Waals surface area contributed by atoms with Gasteiger partial charge in [-0.3, -0.25) is 4.79 Å². The van der Waals surface area contributed by atoms with Crippen molar-refractivity contribution in [3.63, 3.8) is 0 Å². The Balaban J connectivity index is 0.00000420. The SMILES string of the molecule is CCc1nncn1CCNC(=NCC(=O)N(C)C)N(C)Cc1ccc(Cl)cc1.I. The van der Waals surface area contributed by atoms with E-state index < -0.39 is 0 Å². The largest absolute Gasteiger partial charge is 0.354 e. The van der Waals surface area contributed by atoms with Gasteiger partial charge in [0.05, 0.1) is 0 Å². The Bertz CT molecular complexity index is 792. The minimum atomic E-state index is -0.0497. The van der Waals surface area contributed by atoms with E-state index in [2.05, 4.69) is 20.5 Å². The number of likely N-dealkylation sites (N-methyl/N-ethyl adjacent to an activating group) is 1. The van der Waals surface area contributed by atoms with Crippen LogP contribution in [0.1, 0.15) is 18.3 Å². The number of rotatable bonds is 8. The first-order chi connectivity index (χ1) is 13.4. The van der Waals surface area contributed by atoms with Crippen molar-refractivity contribution in [1.29, 1.82) is 0 Å². The van der Waals surface area contributed by atoms with Gasteiger partial charge in [0, 0.05) is 52.2 Å². The molecule has 0 radical (unpaired) electrons. The molecule has 2 aromatic rings. The molecule has 2 rings (SSSR count). The lowest BCUT2D eigenvalue weighted by atomic mass is 10.2. The molecule has 0 bridgehead atoms. The van der Waals surface area contributed by atoms with E-state index >= 15 is 0 Å². The average molecular weight is 534 g/mol. The molecule has 8 nitrogen and oxygen atoms in total. The van der Waals surface area contributed by atoms with Crippen LogP contribution in [0.15, 0.2) is 35.6 Å². The number of aryl methyl sites for hydroxylation is 1. The van der Waals surface area contributed by atoms with Gasteiger partial charge in [-0.05, 0) is 17.7 Å². The molecule has 1 amide bonds. The van der Waals surface area contributed by atoms with E-state index in [9.17, 15) is 4.79 Å². The van der Waals surface area contributed by atoms with E-state index in [4.69, 9.17) is 11.6 Å². The summed E-state index contributed by atoms with van der Waals surface area (Å²) in [6.07, 6.45) is 2.55. The van der Waals surface area contributed by atoms with Gasteiger partial charge in [0.25, 0.3) is 0 Å². The van der Waals surface area contributed by atoms with Crippen LogP contribution in [0.4, 0.5) is 0 Å². The molecule has 160 valence electrons. The van der Waals surface area contributed by atoms with Gasteiger partial charge in [-0.2, -0.15) is 0 Å². The molecule has 0 aliphatic rings. The number of nitrogens with one attached hydrogen (secondary N) is 1. The summed E-state index contributed by atoms with van der Waals surface area (Å²) in [5, 5.41) is 12.1. The third kappa shape index (κ3) is 8.17. The molecule has 0 spiro atoms. The topological polar surface area (TPSA) is 78.6 Å². The van der Waals surface area contributed by atoms with Gasteiger partial charge >= 0.3 is 0 Å². The molecule has 1 aromatic heterocycles. The highest BCUT2D eigenvalue weighted by molar-refractivity contribution is 14.0. The highest BCUT2D eigenvalue weighted by atomic mass is 127. The van der Waals surface area contributed by atoms with E-state index in [0.717, 1.165) is 17.8 Å². The quantitative estimate of drug-likeness (QED) is 0.320. The summed E-state index contributed by atoms with van der Waals surface area (Å²) < 4.78 is 2.01. The van der Waals surface area contributed by atoms with Crippen LogP contribution >= 0.6 is 35.6 Å². The number of hydrogen-bond donors (Lipinski definition) is 1. The lowest BCUT2D eigenvalue weighted by molar-refractivity contribution is -0.127. The third-order valence-electron chi connectivity index (χ3n) is 4.21. The van der Waals surface area contributed by atoms with Crippen molar-refractivity contribution in [3.05, 3.63) is 47.0 Å². The predicted molar refractivity (Wildman–Crippen MR) is 127 cm³/mol. The molecule has 0 fully saturated rings. The molecule has 10 heteroatoms. The number of benzene rings is 1. The van der Waals surface area contributed by atoms with Gasteiger partial charge in [0.15, 0.2) is 5.96 Å². The Morgan fingerprint density at radius 2 is 1.93 bits per heavy atom. The van der Waals surface area contributed by atoms with Crippen LogP contribution in [0, 0.1) is 0 Å². The van der Waals surface area contributed by atoms with E-state index in [1.165, 1.54) is 4.90 Å². The molecule has 0 atom stereocenters. The highest BCUT2D eigenvalue weighted by Crippen LogP contribution is 2.11. The lowest BCUT2D eigenvalue weighted by Crippen LogP contribution is -2.41. The van der Waals surface area contributed by atoms with Gasteiger partial charge in [-0.15, -0.1) is 34.2 Å². The van der Waals surface area contributed by atoms with Crippen molar-refractivity contribution >= 4 is 47.4 Å². The van der Waals surface area contributed by atoms with Crippen molar-refractivity contribution in [1.82, 2.24) is 29.9 Å². The second-order valence-corrected chi connectivity index (χ2v) is 7.07. The van der Waals surface area contributed by atoms with Crippen molar-refractivity contribution in [2.45, 2.75) is 26.4 Å². The Hall–Kier alpha value is -1.88. The number of amides is 1. The maximum atomic E-state index is 11.9. The zero-order valence-electron chi connectivity index (χ0n) is 17.3. The number of carbonyl (C=O) groups is 1. The number of nitrogens with zero attached hydrogens (tertiary/aromatic N) is 6. The molecule has 0 unspecified atom stereocenters. The number of halogens is 2. The van der Waals surface area contributed by atoms with Crippen LogP contribution in [-0.4, -0.2) is 70.7 Å². The fraction of sp³-hybridized carbons (Fsp3) is 0.474. The molecule has 1 N–H and O–H groups in total. The molecule has 0 saturated carbocycles. The molecule has 0 aliphatic heterocycles. The van der Waals surface area contributed by atoms with Crippen LogP contribution < -0.4 is 5.32 Å². The lowest BCUT2D eigenvalue weighted by Gasteiger charge is -2.23. The maximum absolute atomic E-state index is 11.9. The molecular formula is C19H29ClIN7O. The number of guanidine groups is 1. The summed E-state index contributed by atoms with van der Waals surface area (Å²) in [6.45, 7) is 4.14. The molecule has 0 saturated heterocycles. The molecular weight excluding hydrogens is 505 g/mol. The number of carbonyl (C=O) groups excluding carboxylic acids is 1. The van der Waals surface area contributed by atoms with E-state index in [1.54, 1.807) is 20.4 Å². The van der Waals surface area contributed by atoms with Crippen molar-refractivity contribution in [3.8, 4) is 0 Å². The molecule has 1 aromatic carbocycles. The average Bonchev–Trinajstić information content (AvgIpc) is 3.13. The van der Waals surface area contributed by atoms with Crippen molar-refractivity contribution < 1.29 is 4.79 Å². The second kappa shape index (κ2) is 12.6. The molecule has 0 aliphatic carbocycles. The third-order valence-corrected chi connectivity index (χ3v) is 4.46. The first-order valence-electron chi connectivity index (χ1n) is 9.21. The van der Waals surface area contributed by atoms with Crippen molar-refractivity contribution in [2.24, 2.45) is 4.99 Å². The van der Waals surface area contributed by atoms with Crippen LogP contribution in [0.25, 0.3) is 0 Å². The Labute approximate surface area is 194 Å². The number of aliphatic imine (C=N–C) groups is 1. The monoisotopic (exact) mass is 533 g/mol. The fourth-order valence-corrected chi connectivity index (χ4v) is 2.69. The number of hydrogen-bond acceptors (Lipinski definition) is 4. The summed E-state index contributed by atoms with van der Waals surface area (Å²) in [5.74, 6) is 1.56. The summed E-state index contributed by atoms with van der Waals surface area (Å²) in [4.78, 5) is 20.0. The van der Waals surface area contributed by atoms with Crippen molar-refractivity contribution in [2.75, 3.05) is 34.2 Å². The van der Waals surface area contributed by atoms with Crippen LogP contribution in [-0.2, 0) is 24.3 Å². The standard InChI is InChI=1S/C19H28ClN7O.HI/c1-5-17-24-23-14-27(17)11-10-21-19(22-12-18(28)25(2)3)26(4)13-15-6-8-16(20)9-7-15;/h6-9,14H,5,10-13H2,1-4H3,(H,21,22);1H. The van der Waals surface area contributed by atoms with Gasteiger partial charge in [-0.25, -0.2) is 4.99 Å². The Morgan fingerprint density at radius 3 is 2.55 bits per heavy atom. The van der Waals surface area contributed by atoms with E-state index in [-0.39, 0.29) is 36.4 Å². The first kappa shape index (κ1) is 25.2. The zero-order chi connectivity index (χ0) is 20.5. The fourth-order valence-electron chi connectivity index (χ4n) is 2.56. The van der Waals surface area contributed by atoms with Crippen LogP contribution in [0.3, 0.4) is 0 Å². The predicted octanol–water partition coefficient (Wildman–Crippen LogP) is 2.28. The van der Waals surface area contributed by atoms with E-state index in [1.807, 2.05) is 47.7 Å². The van der Waals surface area contributed by atoms with Gasteiger partial charge in [-0.1, -0.05) is 30.7 Å². The minimum Gasteiger partial charge on any atom is -0.354 e. The molecule has 1 heterocycles. The normalized spacial score (nSPS) is 11.0. The summed E-state index contributed by atoms with van der Waals surface area (Å²) in [6, 6.07) is 7.68. The van der Waals surface area contributed by atoms with Gasteiger partial charge < -0.3 is 19.7 Å². The van der Waals surface area contributed by atoms with Crippen LogP contribution in [0.5, 0.6) is 0 Å². The Morgan fingerprint density at radius 1 is 1.24 bits per heavy atom. The Kier molecular flexibility index (Phi) is 11.0. The van der Waals surface area contributed by atoms with E-state index in [0.29, 0.717) is 30.6 Å². The zero-order valence-corrected chi connectivity index (χ0v) is 20.4. The van der Waals surface area contributed by atoms with Gasteiger partial charge in [0.1, 0.15) is 18.7 Å². The second-order valence-electron chi connectivity index (χ2n) is 6.63. The first-order valence-corrected chi connectivity index (χ1v) is 9.59. The summed E-state index contributed by atoms with van der Waals surface area (Å²) in [5.41, 5.74) is 1.10.